The van der Waals surface area contributed by atoms with Crippen LogP contribution in [-0.4, -0.2) is 47.5 Å². The largest absolute Gasteiger partial charge is 0.474 e. The SMILES string of the molecule is CC(COc1cc(-c2ccccc2)nn1C)OC(=O)C1CCC2(CC1)OCCO2. The zero-order valence-corrected chi connectivity index (χ0v) is 17.0. The molecule has 156 valence electrons. The van der Waals surface area contributed by atoms with Gasteiger partial charge in [-0.1, -0.05) is 30.3 Å². The highest BCUT2D eigenvalue weighted by Gasteiger charge is 2.42. The number of nitrogens with zero attached hydrogens (tertiary/aromatic N) is 2. The molecule has 1 aromatic carbocycles. The molecule has 1 saturated carbocycles. The summed E-state index contributed by atoms with van der Waals surface area (Å²) in [7, 11) is 1.84. The van der Waals surface area contributed by atoms with E-state index >= 15 is 0 Å². The lowest BCUT2D eigenvalue weighted by atomic mass is 9.85. The maximum atomic E-state index is 12.5. The number of rotatable bonds is 6. The van der Waals surface area contributed by atoms with E-state index < -0.39 is 5.79 Å². The van der Waals surface area contributed by atoms with E-state index in [1.807, 2.05) is 50.4 Å². The van der Waals surface area contributed by atoms with Crippen molar-refractivity contribution < 1.29 is 23.7 Å². The van der Waals surface area contributed by atoms with Gasteiger partial charge in [0, 0.05) is 31.5 Å². The maximum Gasteiger partial charge on any atom is 0.309 e. The fraction of sp³-hybridized carbons (Fsp3) is 0.545. The average molecular weight is 400 g/mol. The average Bonchev–Trinajstić information content (AvgIpc) is 3.34. The molecule has 1 aliphatic heterocycles. The number of carbonyl (C=O) groups is 1. The standard InChI is InChI=1S/C22H28N2O5/c1-16(29-21(25)18-8-10-22(11-9-18)27-12-13-28-22)15-26-20-14-19(23-24(20)2)17-6-4-3-5-7-17/h3-7,14,16,18H,8-13,15H2,1-2H3. The molecule has 2 fully saturated rings. The quantitative estimate of drug-likeness (QED) is 0.693. The van der Waals surface area contributed by atoms with Crippen molar-refractivity contribution in [1.29, 1.82) is 0 Å². The summed E-state index contributed by atoms with van der Waals surface area (Å²) in [5.41, 5.74) is 1.88. The Labute approximate surface area is 170 Å². The van der Waals surface area contributed by atoms with Crippen molar-refractivity contribution in [2.24, 2.45) is 13.0 Å². The minimum absolute atomic E-state index is 0.0998. The van der Waals surface area contributed by atoms with Gasteiger partial charge >= 0.3 is 5.97 Å². The molecule has 0 bridgehead atoms. The van der Waals surface area contributed by atoms with E-state index in [0.717, 1.165) is 36.9 Å². The number of aromatic nitrogens is 2. The lowest BCUT2D eigenvalue weighted by molar-refractivity contribution is -0.189. The zero-order valence-electron chi connectivity index (χ0n) is 17.0. The Morgan fingerprint density at radius 1 is 1.24 bits per heavy atom. The molecule has 7 nitrogen and oxygen atoms in total. The lowest BCUT2D eigenvalue weighted by Crippen LogP contribution is -2.38. The van der Waals surface area contributed by atoms with E-state index in [-0.39, 0.29) is 24.6 Å². The van der Waals surface area contributed by atoms with Crippen LogP contribution in [0.3, 0.4) is 0 Å². The second-order valence-electron chi connectivity index (χ2n) is 7.80. The summed E-state index contributed by atoms with van der Waals surface area (Å²) >= 11 is 0. The summed E-state index contributed by atoms with van der Waals surface area (Å²) in [6, 6.07) is 11.8. The molecule has 1 aliphatic carbocycles. The Morgan fingerprint density at radius 3 is 2.62 bits per heavy atom. The highest BCUT2D eigenvalue weighted by Crippen LogP contribution is 2.38. The first-order chi connectivity index (χ1) is 14.0. The summed E-state index contributed by atoms with van der Waals surface area (Å²) in [6.07, 6.45) is 2.61. The van der Waals surface area contributed by atoms with Crippen LogP contribution in [0.5, 0.6) is 5.88 Å². The first kappa shape index (κ1) is 19.9. The van der Waals surface area contributed by atoms with Crippen LogP contribution in [0, 0.1) is 5.92 Å². The molecule has 1 aromatic heterocycles. The third-order valence-corrected chi connectivity index (χ3v) is 5.58. The zero-order chi connectivity index (χ0) is 20.3. The van der Waals surface area contributed by atoms with E-state index in [2.05, 4.69) is 5.10 Å². The van der Waals surface area contributed by atoms with Gasteiger partial charge in [-0.05, 0) is 19.8 Å². The van der Waals surface area contributed by atoms with Crippen molar-refractivity contribution in [1.82, 2.24) is 9.78 Å². The number of aryl methyl sites for hydroxylation is 1. The predicted octanol–water partition coefficient (Wildman–Crippen LogP) is 3.33. The number of hydrogen-bond acceptors (Lipinski definition) is 6. The molecule has 4 rings (SSSR count). The Balaban J connectivity index is 1.25. The van der Waals surface area contributed by atoms with Crippen molar-refractivity contribution in [3.8, 4) is 17.1 Å². The van der Waals surface area contributed by atoms with Gasteiger partial charge in [-0.2, -0.15) is 5.10 Å². The Bertz CT molecular complexity index is 819. The fourth-order valence-corrected chi connectivity index (χ4v) is 3.95. The first-order valence-corrected chi connectivity index (χ1v) is 10.3. The van der Waals surface area contributed by atoms with E-state index in [1.54, 1.807) is 4.68 Å². The number of ether oxygens (including phenoxy) is 4. The summed E-state index contributed by atoms with van der Waals surface area (Å²) < 4.78 is 24.6. The number of benzene rings is 1. The summed E-state index contributed by atoms with van der Waals surface area (Å²) in [5.74, 6) is -0.0790. The van der Waals surface area contributed by atoms with Crippen molar-refractivity contribution in [3.05, 3.63) is 36.4 Å². The van der Waals surface area contributed by atoms with Gasteiger partial charge in [0.15, 0.2) is 5.79 Å². The van der Waals surface area contributed by atoms with Crippen LogP contribution in [0.1, 0.15) is 32.6 Å². The number of hydrogen-bond donors (Lipinski definition) is 0. The molecule has 7 heteroatoms. The van der Waals surface area contributed by atoms with Crippen LogP contribution in [0.25, 0.3) is 11.3 Å². The third kappa shape index (κ3) is 4.62. The Hall–Kier alpha value is -2.38. The molecule has 1 unspecified atom stereocenters. The van der Waals surface area contributed by atoms with Crippen LogP contribution in [0.4, 0.5) is 0 Å². The van der Waals surface area contributed by atoms with Gasteiger partial charge in [-0.25, -0.2) is 4.68 Å². The van der Waals surface area contributed by atoms with Crippen LogP contribution >= 0.6 is 0 Å². The van der Waals surface area contributed by atoms with Gasteiger partial charge in [0.1, 0.15) is 12.7 Å². The van der Waals surface area contributed by atoms with E-state index in [4.69, 9.17) is 18.9 Å². The third-order valence-electron chi connectivity index (χ3n) is 5.58. The molecular formula is C22H28N2O5. The van der Waals surface area contributed by atoms with E-state index in [0.29, 0.717) is 19.1 Å². The summed E-state index contributed by atoms with van der Waals surface area (Å²) in [6.45, 7) is 3.41. The molecule has 1 atom stereocenters. The molecule has 2 aliphatic rings. The van der Waals surface area contributed by atoms with Gasteiger partial charge in [0.25, 0.3) is 0 Å². The molecule has 2 aromatic rings. The molecular weight excluding hydrogens is 372 g/mol. The number of carbonyl (C=O) groups excluding carboxylic acids is 1. The highest BCUT2D eigenvalue weighted by molar-refractivity contribution is 5.72. The van der Waals surface area contributed by atoms with Crippen molar-refractivity contribution >= 4 is 5.97 Å². The number of esters is 1. The van der Waals surface area contributed by atoms with E-state index in [1.165, 1.54) is 0 Å². The summed E-state index contributed by atoms with van der Waals surface area (Å²) in [5, 5.41) is 4.49. The molecule has 0 radical (unpaired) electrons. The normalized spacial score (nSPS) is 19.9. The Kier molecular flexibility index (Phi) is 5.87. The van der Waals surface area contributed by atoms with Gasteiger partial charge < -0.3 is 18.9 Å². The molecule has 0 amide bonds. The first-order valence-electron chi connectivity index (χ1n) is 10.3. The molecule has 0 N–H and O–H groups in total. The van der Waals surface area contributed by atoms with Crippen LogP contribution in [0.2, 0.25) is 0 Å². The minimum Gasteiger partial charge on any atom is -0.474 e. The molecule has 29 heavy (non-hydrogen) atoms. The molecule has 1 spiro atoms. The fourth-order valence-electron chi connectivity index (χ4n) is 3.95. The van der Waals surface area contributed by atoms with Crippen molar-refractivity contribution in [3.63, 3.8) is 0 Å². The topological polar surface area (TPSA) is 71.8 Å². The van der Waals surface area contributed by atoms with Crippen molar-refractivity contribution in [2.75, 3.05) is 19.8 Å². The Morgan fingerprint density at radius 2 is 1.93 bits per heavy atom. The molecule has 2 heterocycles. The minimum atomic E-state index is -0.457. The summed E-state index contributed by atoms with van der Waals surface area (Å²) in [4.78, 5) is 12.5. The van der Waals surface area contributed by atoms with E-state index in [9.17, 15) is 4.79 Å². The second kappa shape index (κ2) is 8.55. The van der Waals surface area contributed by atoms with Crippen LogP contribution in [0.15, 0.2) is 36.4 Å². The monoisotopic (exact) mass is 400 g/mol. The lowest BCUT2D eigenvalue weighted by Gasteiger charge is -2.34. The maximum absolute atomic E-state index is 12.5. The van der Waals surface area contributed by atoms with Gasteiger partial charge in [0.05, 0.1) is 24.8 Å². The molecule has 1 saturated heterocycles. The smallest absolute Gasteiger partial charge is 0.309 e. The van der Waals surface area contributed by atoms with Gasteiger partial charge in [-0.15, -0.1) is 0 Å². The van der Waals surface area contributed by atoms with Crippen LogP contribution in [-0.2, 0) is 26.1 Å². The highest BCUT2D eigenvalue weighted by atomic mass is 16.7. The van der Waals surface area contributed by atoms with Crippen molar-refractivity contribution in [2.45, 2.75) is 44.5 Å². The van der Waals surface area contributed by atoms with Crippen LogP contribution < -0.4 is 4.74 Å². The predicted molar refractivity (Wildman–Crippen MR) is 106 cm³/mol. The van der Waals surface area contributed by atoms with Gasteiger partial charge in [-0.3, -0.25) is 4.79 Å². The van der Waals surface area contributed by atoms with Gasteiger partial charge in [0.2, 0.25) is 5.88 Å². The second-order valence-corrected chi connectivity index (χ2v) is 7.80.